The Morgan fingerprint density at radius 2 is 0.938 bits per heavy atom. The van der Waals surface area contributed by atoms with Gasteiger partial charge in [-0.25, -0.2) is 4.90 Å². The fourth-order valence-electron chi connectivity index (χ4n) is 8.51. The number of halogens is 1. The molecule has 1 aliphatic heterocycles. The lowest BCUT2D eigenvalue weighted by atomic mass is 9.59. The van der Waals surface area contributed by atoms with Gasteiger partial charge in [0.25, 0.3) is 0 Å². The van der Waals surface area contributed by atoms with E-state index in [-0.39, 0.29) is 10.8 Å². The van der Waals surface area contributed by atoms with Gasteiger partial charge in [-0.1, -0.05) is 109 Å². The van der Waals surface area contributed by atoms with Crippen LogP contribution in [0.2, 0.25) is 5.02 Å². The number of para-hydroxylation sites is 1. The van der Waals surface area contributed by atoms with Crippen LogP contribution in [0.5, 0.6) is 11.5 Å². The second kappa shape index (κ2) is 11.1. The van der Waals surface area contributed by atoms with Crippen LogP contribution in [0, 0.1) is 11.8 Å². The quantitative estimate of drug-likeness (QED) is 0.170. The minimum absolute atomic E-state index is 0.195. The second-order valence-corrected chi connectivity index (χ2v) is 12.7. The van der Waals surface area contributed by atoms with Crippen LogP contribution < -0.4 is 14.4 Å². The summed E-state index contributed by atoms with van der Waals surface area (Å²) in [6.07, 6.45) is 0. The summed E-state index contributed by atoms with van der Waals surface area (Å²) in [7, 11) is 3.20. The molecular formula is C41H30ClNO5. The van der Waals surface area contributed by atoms with E-state index in [1.807, 2.05) is 109 Å². The largest absolute Gasteiger partial charge is 0.497 e. The normalized spacial score (nSPS) is 24.3. The number of ketones is 1. The second-order valence-electron chi connectivity index (χ2n) is 12.3. The zero-order chi connectivity index (χ0) is 33.2. The average molecular weight is 652 g/mol. The van der Waals surface area contributed by atoms with E-state index in [1.54, 1.807) is 38.5 Å². The van der Waals surface area contributed by atoms with Crippen molar-refractivity contribution in [3.63, 3.8) is 0 Å². The van der Waals surface area contributed by atoms with E-state index < -0.39 is 34.5 Å². The Hall–Kier alpha value is -5.46. The van der Waals surface area contributed by atoms with Gasteiger partial charge in [-0.15, -0.1) is 0 Å². The first-order valence-electron chi connectivity index (χ1n) is 15.7. The van der Waals surface area contributed by atoms with E-state index in [2.05, 4.69) is 0 Å². The third-order valence-electron chi connectivity index (χ3n) is 10.3. The number of benzene rings is 5. The molecule has 3 aliphatic rings. The van der Waals surface area contributed by atoms with Crippen LogP contribution in [-0.4, -0.2) is 31.8 Å². The Kier molecular flexibility index (Phi) is 6.90. The van der Waals surface area contributed by atoms with E-state index in [1.165, 1.54) is 4.90 Å². The molecular weight excluding hydrogens is 622 g/mol. The molecule has 0 N–H and O–H groups in total. The van der Waals surface area contributed by atoms with E-state index in [0.29, 0.717) is 39.5 Å². The van der Waals surface area contributed by atoms with Crippen molar-refractivity contribution in [2.24, 2.45) is 11.8 Å². The van der Waals surface area contributed by atoms with Gasteiger partial charge >= 0.3 is 0 Å². The molecule has 48 heavy (non-hydrogen) atoms. The Labute approximate surface area is 283 Å². The van der Waals surface area contributed by atoms with Crippen molar-refractivity contribution < 1.29 is 23.9 Å². The highest BCUT2D eigenvalue weighted by Gasteiger charge is 2.82. The monoisotopic (exact) mass is 651 g/mol. The van der Waals surface area contributed by atoms with E-state index in [0.717, 1.165) is 11.1 Å². The zero-order valence-electron chi connectivity index (χ0n) is 26.2. The lowest BCUT2D eigenvalue weighted by Gasteiger charge is -2.39. The molecule has 1 saturated carbocycles. The Morgan fingerprint density at radius 3 is 1.33 bits per heavy atom. The Bertz CT molecular complexity index is 2000. The Balaban J connectivity index is 1.55. The summed E-state index contributed by atoms with van der Waals surface area (Å²) >= 11 is 6.67. The minimum Gasteiger partial charge on any atom is -0.497 e. The first kappa shape index (κ1) is 29.9. The summed E-state index contributed by atoms with van der Waals surface area (Å²) in [6.45, 7) is 0. The summed E-state index contributed by atoms with van der Waals surface area (Å²) in [6, 6.07) is 40.8. The maximum atomic E-state index is 16.0. The SMILES string of the molecule is COc1ccc(C2=C(c3ccc(OC)cc3)[C@@]3(c4ccccc4)C(=O)[C@@]2(c2ccccc2)[C@@H]2C(=O)N(c4ccccc4Cl)C(=O)[C@H]23)cc1. The van der Waals surface area contributed by atoms with Gasteiger partial charge in [-0.05, 0) is 69.8 Å². The molecule has 4 atom stereocenters. The number of nitrogens with zero attached hydrogens (tertiary/aromatic N) is 1. The van der Waals surface area contributed by atoms with Crippen LogP contribution in [0.15, 0.2) is 133 Å². The van der Waals surface area contributed by atoms with Gasteiger partial charge < -0.3 is 9.47 Å². The number of allylic oxidation sites excluding steroid dienone is 2. The smallest absolute Gasteiger partial charge is 0.239 e. The number of carbonyl (C=O) groups excluding carboxylic acids is 3. The molecule has 0 radical (unpaired) electrons. The number of hydrogen-bond donors (Lipinski definition) is 0. The van der Waals surface area contributed by atoms with Crippen molar-refractivity contribution in [3.05, 3.63) is 161 Å². The number of anilines is 1. The van der Waals surface area contributed by atoms with Gasteiger partial charge in [-0.2, -0.15) is 0 Å². The fraction of sp³-hybridized carbons (Fsp3) is 0.146. The third-order valence-corrected chi connectivity index (χ3v) is 10.6. The van der Waals surface area contributed by atoms with E-state index >= 15 is 14.4 Å². The minimum atomic E-state index is -1.52. The van der Waals surface area contributed by atoms with Gasteiger partial charge in [0.05, 0.1) is 47.6 Å². The van der Waals surface area contributed by atoms with Crippen molar-refractivity contribution in [2.75, 3.05) is 19.1 Å². The first-order valence-corrected chi connectivity index (χ1v) is 16.1. The molecule has 0 unspecified atom stereocenters. The number of ether oxygens (including phenoxy) is 2. The molecule has 7 heteroatoms. The van der Waals surface area contributed by atoms with Gasteiger partial charge in [0.1, 0.15) is 11.5 Å². The van der Waals surface area contributed by atoms with E-state index in [4.69, 9.17) is 21.1 Å². The molecule has 2 fully saturated rings. The van der Waals surface area contributed by atoms with Gasteiger partial charge in [0.2, 0.25) is 11.8 Å². The Morgan fingerprint density at radius 1 is 0.542 bits per heavy atom. The van der Waals surface area contributed by atoms with Crippen molar-refractivity contribution in [3.8, 4) is 11.5 Å². The van der Waals surface area contributed by atoms with E-state index in [9.17, 15) is 0 Å². The molecule has 0 aromatic heterocycles. The molecule has 2 amide bonds. The standard InChI is InChI=1S/C41H30ClNO5/c1-47-29-21-17-25(18-22-29)33-34(26-19-23-30(48-2)24-20-26)41(28-13-7-4-8-14-28)36-35(40(33,39(41)46)27-11-5-3-6-12-27)37(44)43(38(36)45)32-16-10-9-15-31(32)42/h3-24,35-36H,1-2H3/t35-,36-,40+,41+/m0/s1. The molecule has 8 rings (SSSR count). The lowest BCUT2D eigenvalue weighted by Crippen LogP contribution is -2.45. The number of methoxy groups -OCH3 is 2. The molecule has 2 bridgehead atoms. The first-order chi connectivity index (χ1) is 23.4. The summed E-state index contributed by atoms with van der Waals surface area (Å²) in [5.41, 5.74) is 1.47. The van der Waals surface area contributed by atoms with Crippen LogP contribution >= 0.6 is 11.6 Å². The number of rotatable bonds is 7. The number of carbonyl (C=O) groups is 3. The number of Topliss-reactive ketones (excluding diaryl/α,β-unsaturated/α-hetero) is 1. The maximum Gasteiger partial charge on any atom is 0.239 e. The van der Waals surface area contributed by atoms with Crippen LogP contribution in [0.4, 0.5) is 5.69 Å². The molecule has 6 nitrogen and oxygen atoms in total. The topological polar surface area (TPSA) is 72.9 Å². The van der Waals surface area contributed by atoms with Crippen LogP contribution in [0.3, 0.4) is 0 Å². The molecule has 1 heterocycles. The summed E-state index contributed by atoms with van der Waals surface area (Å²) in [5, 5.41) is 0.277. The zero-order valence-corrected chi connectivity index (χ0v) is 27.0. The molecule has 2 aliphatic carbocycles. The van der Waals surface area contributed by atoms with Crippen LogP contribution in [0.1, 0.15) is 22.3 Å². The lowest BCUT2D eigenvalue weighted by molar-refractivity contribution is -0.130. The predicted molar refractivity (Wildman–Crippen MR) is 185 cm³/mol. The predicted octanol–water partition coefficient (Wildman–Crippen LogP) is 7.55. The van der Waals surface area contributed by atoms with Crippen molar-refractivity contribution >= 4 is 46.0 Å². The van der Waals surface area contributed by atoms with Crippen molar-refractivity contribution in [2.45, 2.75) is 10.8 Å². The van der Waals surface area contributed by atoms with Crippen molar-refractivity contribution in [1.82, 2.24) is 0 Å². The van der Waals surface area contributed by atoms with Gasteiger partial charge in [0.15, 0.2) is 5.78 Å². The summed E-state index contributed by atoms with van der Waals surface area (Å²) in [4.78, 5) is 47.4. The average Bonchev–Trinajstić information content (AvgIpc) is 3.64. The molecule has 5 aromatic rings. The highest BCUT2D eigenvalue weighted by Crippen LogP contribution is 2.74. The number of imide groups is 1. The van der Waals surface area contributed by atoms with Gasteiger partial charge in [0, 0.05) is 0 Å². The number of amides is 2. The summed E-state index contributed by atoms with van der Waals surface area (Å²) in [5.74, 6) is -1.88. The van der Waals surface area contributed by atoms with Crippen molar-refractivity contribution in [1.29, 1.82) is 0 Å². The van der Waals surface area contributed by atoms with Crippen LogP contribution in [-0.2, 0) is 25.2 Å². The molecule has 5 aromatic carbocycles. The number of hydrogen-bond acceptors (Lipinski definition) is 5. The maximum absolute atomic E-state index is 16.0. The molecule has 236 valence electrons. The van der Waals surface area contributed by atoms with Crippen LogP contribution in [0.25, 0.3) is 11.1 Å². The highest BCUT2D eigenvalue weighted by molar-refractivity contribution is 6.41. The molecule has 0 spiro atoms. The highest BCUT2D eigenvalue weighted by atomic mass is 35.5. The molecule has 1 saturated heterocycles. The summed E-state index contributed by atoms with van der Waals surface area (Å²) < 4.78 is 11.0. The fourth-order valence-corrected chi connectivity index (χ4v) is 8.73. The number of fused-ring (bicyclic) bond motifs is 5. The third kappa shape index (κ3) is 3.78. The van der Waals surface area contributed by atoms with Gasteiger partial charge in [-0.3, -0.25) is 14.4 Å².